The topological polar surface area (TPSA) is 69.6 Å². The highest BCUT2D eigenvalue weighted by Crippen LogP contribution is 2.17. The summed E-state index contributed by atoms with van der Waals surface area (Å²) in [6.45, 7) is 4.26. The molecule has 4 nitrogen and oxygen atoms in total. The maximum Gasteiger partial charge on any atom is 0.220 e. The zero-order chi connectivity index (χ0) is 45.6. The van der Waals surface area contributed by atoms with E-state index in [1.54, 1.807) is 0 Å². The smallest absolute Gasteiger partial charge is 0.220 e. The molecule has 0 aliphatic heterocycles. The van der Waals surface area contributed by atoms with Gasteiger partial charge in [0.05, 0.1) is 18.8 Å². The number of amides is 1. The van der Waals surface area contributed by atoms with Crippen LogP contribution in [0.5, 0.6) is 0 Å². The third kappa shape index (κ3) is 50.7. The minimum absolute atomic E-state index is 0.0456. The molecule has 0 saturated carbocycles. The number of unbranched alkanes of at least 4 members (excludes halogenated alkanes) is 31. The second-order valence-electron chi connectivity index (χ2n) is 18.6. The van der Waals surface area contributed by atoms with E-state index in [4.69, 9.17) is 0 Å². The zero-order valence-electron chi connectivity index (χ0n) is 42.1. The summed E-state index contributed by atoms with van der Waals surface area (Å²) in [5.74, 6) is -0.0456. The van der Waals surface area contributed by atoms with Gasteiger partial charge in [0.2, 0.25) is 5.91 Å². The second-order valence-corrected chi connectivity index (χ2v) is 18.6. The highest BCUT2D eigenvalue weighted by Gasteiger charge is 2.20. The first kappa shape index (κ1) is 60.8. The molecule has 0 spiro atoms. The standard InChI is InChI=1S/C59H107NO3/c1-3-5-7-9-11-13-15-17-19-21-23-25-27-29-31-32-34-36-38-40-42-44-46-48-50-52-54-58(62)57(56-61)60-59(63)55-53-51-49-47-45-43-41-39-37-35-33-30-28-26-24-22-20-18-16-14-12-10-8-6-4-2/h6,8,12,14,18,20,24,26,30,33,37,39,57-58,61-62H,3-5,7,9-11,13,15-17,19,21-23,25,27-29,31-32,34-36,38,40-56H2,1-2H3,(H,60,63)/b8-6-,14-12-,20-18-,26-24-,33-30-,39-37-. The van der Waals surface area contributed by atoms with Crippen LogP contribution in [0, 0.1) is 0 Å². The van der Waals surface area contributed by atoms with E-state index < -0.39 is 12.1 Å². The molecule has 0 saturated heterocycles. The predicted molar refractivity (Wildman–Crippen MR) is 281 cm³/mol. The Hall–Kier alpha value is -2.17. The van der Waals surface area contributed by atoms with Gasteiger partial charge in [0.25, 0.3) is 0 Å². The van der Waals surface area contributed by atoms with Crippen molar-refractivity contribution in [3.63, 3.8) is 0 Å². The molecule has 0 aromatic carbocycles. The number of allylic oxidation sites excluding steroid dienone is 12. The first-order chi connectivity index (χ1) is 31.2. The molecule has 0 bridgehead atoms. The van der Waals surface area contributed by atoms with Crippen LogP contribution in [-0.4, -0.2) is 34.9 Å². The molecule has 0 heterocycles. The molecule has 2 atom stereocenters. The van der Waals surface area contributed by atoms with Gasteiger partial charge in [0.15, 0.2) is 0 Å². The Morgan fingerprint density at radius 3 is 1.05 bits per heavy atom. The van der Waals surface area contributed by atoms with Gasteiger partial charge in [-0.3, -0.25) is 4.79 Å². The van der Waals surface area contributed by atoms with Gasteiger partial charge in [0, 0.05) is 6.42 Å². The van der Waals surface area contributed by atoms with Crippen molar-refractivity contribution in [2.24, 2.45) is 0 Å². The van der Waals surface area contributed by atoms with E-state index >= 15 is 0 Å². The van der Waals surface area contributed by atoms with Crippen LogP contribution in [0.2, 0.25) is 0 Å². The highest BCUT2D eigenvalue weighted by molar-refractivity contribution is 5.76. The third-order valence-electron chi connectivity index (χ3n) is 12.5. The zero-order valence-corrected chi connectivity index (χ0v) is 42.1. The molecular formula is C59H107NO3. The van der Waals surface area contributed by atoms with Crippen molar-refractivity contribution in [3.8, 4) is 0 Å². The molecule has 4 heteroatoms. The largest absolute Gasteiger partial charge is 0.394 e. The minimum Gasteiger partial charge on any atom is -0.394 e. The molecule has 2 unspecified atom stereocenters. The first-order valence-electron chi connectivity index (χ1n) is 27.6. The van der Waals surface area contributed by atoms with Gasteiger partial charge < -0.3 is 15.5 Å². The molecule has 366 valence electrons. The summed E-state index contributed by atoms with van der Waals surface area (Å²) in [7, 11) is 0. The Morgan fingerprint density at radius 1 is 0.397 bits per heavy atom. The molecule has 0 aromatic heterocycles. The number of hydrogen-bond acceptors (Lipinski definition) is 3. The van der Waals surface area contributed by atoms with Gasteiger partial charge in [0.1, 0.15) is 0 Å². The monoisotopic (exact) mass is 878 g/mol. The van der Waals surface area contributed by atoms with Crippen molar-refractivity contribution >= 4 is 5.91 Å². The van der Waals surface area contributed by atoms with Gasteiger partial charge >= 0.3 is 0 Å². The summed E-state index contributed by atoms with van der Waals surface area (Å²) in [6, 6.07) is -0.550. The molecule has 0 aliphatic rings. The van der Waals surface area contributed by atoms with Gasteiger partial charge in [-0.05, 0) is 64.2 Å². The number of aliphatic hydroxyl groups is 2. The summed E-state index contributed by atoms with van der Waals surface area (Å²) in [6.07, 6.45) is 77.4. The Morgan fingerprint density at radius 2 is 0.698 bits per heavy atom. The molecule has 1 amide bonds. The summed E-state index contributed by atoms with van der Waals surface area (Å²) in [4.78, 5) is 12.5. The summed E-state index contributed by atoms with van der Waals surface area (Å²) in [5, 5.41) is 23.3. The lowest BCUT2D eigenvalue weighted by Gasteiger charge is -2.22. The number of nitrogens with one attached hydrogen (secondary N) is 1. The van der Waals surface area contributed by atoms with Crippen molar-refractivity contribution in [1.29, 1.82) is 0 Å². The molecule has 0 radical (unpaired) electrons. The predicted octanol–water partition coefficient (Wildman–Crippen LogP) is 18.2. The lowest BCUT2D eigenvalue weighted by molar-refractivity contribution is -0.123. The van der Waals surface area contributed by atoms with Gasteiger partial charge in [-0.2, -0.15) is 0 Å². The van der Waals surface area contributed by atoms with E-state index in [0.29, 0.717) is 12.8 Å². The average Bonchev–Trinajstić information content (AvgIpc) is 3.29. The van der Waals surface area contributed by atoms with Gasteiger partial charge in [-0.15, -0.1) is 0 Å². The summed E-state index contributed by atoms with van der Waals surface area (Å²) in [5.41, 5.74) is 0. The fourth-order valence-corrected chi connectivity index (χ4v) is 8.31. The highest BCUT2D eigenvalue weighted by atomic mass is 16.3. The van der Waals surface area contributed by atoms with E-state index in [2.05, 4.69) is 92.1 Å². The van der Waals surface area contributed by atoms with E-state index in [9.17, 15) is 15.0 Å². The Labute approximate surface area is 393 Å². The molecule has 0 rings (SSSR count). The SMILES string of the molecule is CC/C=C\C/C=C\C/C=C\C/C=C\C/C=C\C/C=C\CCCCCCCCC(=O)NC(CO)C(O)CCCCCCCCCCCCCCCCCCCCCCCCCCCC. The quantitative estimate of drug-likeness (QED) is 0.0421. The molecule has 0 fully saturated rings. The van der Waals surface area contributed by atoms with Crippen molar-refractivity contribution in [1.82, 2.24) is 5.32 Å². The fraction of sp³-hybridized carbons (Fsp3) is 0.780. The first-order valence-corrected chi connectivity index (χ1v) is 27.6. The van der Waals surface area contributed by atoms with Crippen LogP contribution in [-0.2, 0) is 4.79 Å². The van der Waals surface area contributed by atoms with Crippen LogP contribution in [0.1, 0.15) is 277 Å². The maximum atomic E-state index is 12.5. The lowest BCUT2D eigenvalue weighted by atomic mass is 10.0. The van der Waals surface area contributed by atoms with Gasteiger partial charge in [-0.25, -0.2) is 0 Å². The number of hydrogen-bond donors (Lipinski definition) is 3. The van der Waals surface area contributed by atoms with Crippen molar-refractivity contribution in [2.45, 2.75) is 289 Å². The lowest BCUT2D eigenvalue weighted by Crippen LogP contribution is -2.45. The van der Waals surface area contributed by atoms with E-state index in [0.717, 1.165) is 77.0 Å². The number of carbonyl (C=O) groups is 1. The Bertz CT molecular complexity index is 1090. The van der Waals surface area contributed by atoms with Crippen molar-refractivity contribution in [2.75, 3.05) is 6.61 Å². The number of aliphatic hydroxyl groups excluding tert-OH is 2. The van der Waals surface area contributed by atoms with E-state index in [1.807, 2.05) is 0 Å². The van der Waals surface area contributed by atoms with Crippen LogP contribution in [0.25, 0.3) is 0 Å². The summed E-state index contributed by atoms with van der Waals surface area (Å²) < 4.78 is 0. The summed E-state index contributed by atoms with van der Waals surface area (Å²) >= 11 is 0. The van der Waals surface area contributed by atoms with Crippen LogP contribution >= 0.6 is 0 Å². The normalized spacial score (nSPS) is 13.4. The molecule has 63 heavy (non-hydrogen) atoms. The molecular weight excluding hydrogens is 771 g/mol. The van der Waals surface area contributed by atoms with Crippen molar-refractivity contribution in [3.05, 3.63) is 72.9 Å². The van der Waals surface area contributed by atoms with Crippen LogP contribution < -0.4 is 5.32 Å². The second kappa shape index (κ2) is 54.2. The van der Waals surface area contributed by atoms with Crippen LogP contribution in [0.4, 0.5) is 0 Å². The number of carbonyl (C=O) groups excluding carboxylic acids is 1. The molecule has 0 aromatic rings. The Kier molecular flexibility index (Phi) is 52.3. The molecule has 3 N–H and O–H groups in total. The fourth-order valence-electron chi connectivity index (χ4n) is 8.31. The average molecular weight is 879 g/mol. The molecule has 0 aliphatic carbocycles. The van der Waals surface area contributed by atoms with Crippen LogP contribution in [0.3, 0.4) is 0 Å². The minimum atomic E-state index is -0.672. The number of rotatable bonds is 50. The Balaban J connectivity index is 3.52. The van der Waals surface area contributed by atoms with E-state index in [-0.39, 0.29) is 12.5 Å². The van der Waals surface area contributed by atoms with Crippen molar-refractivity contribution < 1.29 is 15.0 Å². The van der Waals surface area contributed by atoms with Gasteiger partial charge in [-0.1, -0.05) is 279 Å². The van der Waals surface area contributed by atoms with E-state index in [1.165, 1.54) is 173 Å². The van der Waals surface area contributed by atoms with Crippen LogP contribution in [0.15, 0.2) is 72.9 Å². The maximum absolute atomic E-state index is 12.5. The third-order valence-corrected chi connectivity index (χ3v) is 12.5.